The molecule has 0 amide bonds. The van der Waals surface area contributed by atoms with Crippen LogP contribution >= 0.6 is 27.7 Å². The van der Waals surface area contributed by atoms with E-state index in [1.807, 2.05) is 24.3 Å². The fourth-order valence-electron chi connectivity index (χ4n) is 1.28. The zero-order valence-electron chi connectivity index (χ0n) is 8.81. The van der Waals surface area contributed by atoms with Crippen LogP contribution in [0.2, 0.25) is 0 Å². The molecule has 0 saturated carbocycles. The Bertz CT molecular complexity index is 450. The molecule has 0 radical (unpaired) electrons. The Morgan fingerprint density at radius 1 is 0.875 bits per heavy atom. The smallest absolute Gasteiger partial charge is 0.118 e. The predicted molar refractivity (Wildman–Crippen MR) is 71.3 cm³/mol. The van der Waals surface area contributed by atoms with Crippen LogP contribution in [0.4, 0.5) is 0 Å². The number of benzene rings is 2. The monoisotopic (exact) mass is 294 g/mol. The summed E-state index contributed by atoms with van der Waals surface area (Å²) in [5, 5.41) is 0. The van der Waals surface area contributed by atoms with Gasteiger partial charge >= 0.3 is 0 Å². The number of methoxy groups -OCH3 is 1. The molecule has 16 heavy (non-hydrogen) atoms. The van der Waals surface area contributed by atoms with Crippen LogP contribution < -0.4 is 4.74 Å². The average molecular weight is 295 g/mol. The molecule has 2 aromatic carbocycles. The lowest BCUT2D eigenvalue weighted by Crippen LogP contribution is -1.81. The van der Waals surface area contributed by atoms with Crippen molar-refractivity contribution in [3.8, 4) is 5.75 Å². The second kappa shape index (κ2) is 5.41. The predicted octanol–water partition coefficient (Wildman–Crippen LogP) is 4.61. The molecule has 2 aromatic rings. The Morgan fingerprint density at radius 3 is 1.88 bits per heavy atom. The molecular weight excluding hydrogens is 284 g/mol. The summed E-state index contributed by atoms with van der Waals surface area (Å²) < 4.78 is 6.22. The lowest BCUT2D eigenvalue weighted by molar-refractivity contribution is 0.414. The van der Waals surface area contributed by atoms with E-state index in [4.69, 9.17) is 4.74 Å². The molecule has 0 aliphatic rings. The van der Waals surface area contributed by atoms with Gasteiger partial charge in [0.05, 0.1) is 7.11 Å². The summed E-state index contributed by atoms with van der Waals surface area (Å²) in [6.07, 6.45) is 0. The van der Waals surface area contributed by atoms with Crippen LogP contribution in [0.15, 0.2) is 62.8 Å². The third kappa shape index (κ3) is 3.03. The van der Waals surface area contributed by atoms with Crippen molar-refractivity contribution in [1.29, 1.82) is 0 Å². The maximum Gasteiger partial charge on any atom is 0.118 e. The fourth-order valence-corrected chi connectivity index (χ4v) is 2.36. The molecular formula is C13H11BrOS. The molecule has 0 fully saturated rings. The van der Waals surface area contributed by atoms with Crippen molar-refractivity contribution in [3.05, 3.63) is 53.0 Å². The van der Waals surface area contributed by atoms with Crippen molar-refractivity contribution in [1.82, 2.24) is 0 Å². The van der Waals surface area contributed by atoms with E-state index in [9.17, 15) is 0 Å². The van der Waals surface area contributed by atoms with E-state index < -0.39 is 0 Å². The summed E-state index contributed by atoms with van der Waals surface area (Å²) in [7, 11) is 1.68. The molecule has 0 spiro atoms. The van der Waals surface area contributed by atoms with Crippen LogP contribution in [-0.2, 0) is 0 Å². The van der Waals surface area contributed by atoms with E-state index in [-0.39, 0.29) is 0 Å². The largest absolute Gasteiger partial charge is 0.497 e. The minimum absolute atomic E-state index is 0.889. The molecule has 1 nitrogen and oxygen atoms in total. The summed E-state index contributed by atoms with van der Waals surface area (Å²) in [5.41, 5.74) is 0. The standard InChI is InChI=1S/C13H11BrOS/c1-15-11-4-8-13(9-5-11)16-12-6-2-10(14)3-7-12/h2-9H,1H3. The lowest BCUT2D eigenvalue weighted by Gasteiger charge is -2.03. The van der Waals surface area contributed by atoms with Crippen LogP contribution in [0, 0.1) is 0 Å². The van der Waals surface area contributed by atoms with Gasteiger partial charge in [-0.25, -0.2) is 0 Å². The first-order valence-electron chi connectivity index (χ1n) is 4.85. The van der Waals surface area contributed by atoms with Gasteiger partial charge in [-0.2, -0.15) is 0 Å². The Labute approximate surface area is 108 Å². The topological polar surface area (TPSA) is 9.23 Å². The number of hydrogen-bond acceptors (Lipinski definition) is 2. The molecule has 0 aliphatic heterocycles. The van der Waals surface area contributed by atoms with Crippen molar-refractivity contribution >= 4 is 27.7 Å². The first-order chi connectivity index (χ1) is 7.78. The van der Waals surface area contributed by atoms with E-state index >= 15 is 0 Å². The van der Waals surface area contributed by atoms with E-state index in [1.54, 1.807) is 18.9 Å². The molecule has 0 aromatic heterocycles. The normalized spacial score (nSPS) is 10.1. The number of halogens is 1. The van der Waals surface area contributed by atoms with Gasteiger partial charge in [-0.15, -0.1) is 0 Å². The average Bonchev–Trinajstić information content (AvgIpc) is 2.33. The first kappa shape index (κ1) is 11.6. The summed E-state index contributed by atoms with van der Waals surface area (Å²) in [4.78, 5) is 2.44. The maximum atomic E-state index is 5.12. The zero-order chi connectivity index (χ0) is 11.4. The van der Waals surface area contributed by atoms with Gasteiger partial charge < -0.3 is 4.74 Å². The minimum Gasteiger partial charge on any atom is -0.497 e. The van der Waals surface area contributed by atoms with Gasteiger partial charge in [-0.3, -0.25) is 0 Å². The Kier molecular flexibility index (Phi) is 3.91. The van der Waals surface area contributed by atoms with Crippen LogP contribution in [-0.4, -0.2) is 7.11 Å². The van der Waals surface area contributed by atoms with Crippen molar-refractivity contribution in [2.75, 3.05) is 7.11 Å². The van der Waals surface area contributed by atoms with Crippen molar-refractivity contribution < 1.29 is 4.74 Å². The second-order valence-corrected chi connectivity index (χ2v) is 5.29. The van der Waals surface area contributed by atoms with Crippen molar-refractivity contribution in [2.24, 2.45) is 0 Å². The van der Waals surface area contributed by atoms with Gasteiger partial charge in [-0.05, 0) is 48.5 Å². The highest BCUT2D eigenvalue weighted by molar-refractivity contribution is 9.10. The van der Waals surface area contributed by atoms with Crippen LogP contribution in [0.25, 0.3) is 0 Å². The van der Waals surface area contributed by atoms with Crippen LogP contribution in [0.3, 0.4) is 0 Å². The SMILES string of the molecule is COc1ccc(Sc2ccc(Br)cc2)cc1. The maximum absolute atomic E-state index is 5.12. The minimum atomic E-state index is 0.889. The Balaban J connectivity index is 2.11. The van der Waals surface area contributed by atoms with E-state index in [0.717, 1.165) is 10.2 Å². The second-order valence-electron chi connectivity index (χ2n) is 3.23. The Hall–Kier alpha value is -0.930. The van der Waals surface area contributed by atoms with Crippen LogP contribution in [0.5, 0.6) is 5.75 Å². The molecule has 82 valence electrons. The van der Waals surface area contributed by atoms with Crippen LogP contribution in [0.1, 0.15) is 0 Å². The van der Waals surface area contributed by atoms with Gasteiger partial charge in [-0.1, -0.05) is 27.7 Å². The third-order valence-corrected chi connectivity index (χ3v) is 3.65. The molecule has 0 N–H and O–H groups in total. The fraction of sp³-hybridized carbons (Fsp3) is 0.0769. The zero-order valence-corrected chi connectivity index (χ0v) is 11.2. The van der Waals surface area contributed by atoms with E-state index in [2.05, 4.69) is 40.2 Å². The summed E-state index contributed by atoms with van der Waals surface area (Å²) in [5.74, 6) is 0.889. The quantitative estimate of drug-likeness (QED) is 0.818. The van der Waals surface area contributed by atoms with Gasteiger partial charge in [0.15, 0.2) is 0 Å². The molecule has 0 aliphatic carbocycles. The molecule has 0 bridgehead atoms. The molecule has 0 saturated heterocycles. The lowest BCUT2D eigenvalue weighted by atomic mass is 10.3. The summed E-state index contributed by atoms with van der Waals surface area (Å²) in [6.45, 7) is 0. The number of ether oxygens (including phenoxy) is 1. The summed E-state index contributed by atoms with van der Waals surface area (Å²) >= 11 is 5.16. The van der Waals surface area contributed by atoms with E-state index in [1.165, 1.54) is 9.79 Å². The van der Waals surface area contributed by atoms with Gasteiger partial charge in [0, 0.05) is 14.3 Å². The van der Waals surface area contributed by atoms with Gasteiger partial charge in [0.25, 0.3) is 0 Å². The van der Waals surface area contributed by atoms with Crippen molar-refractivity contribution in [2.45, 2.75) is 9.79 Å². The highest BCUT2D eigenvalue weighted by Crippen LogP contribution is 2.29. The van der Waals surface area contributed by atoms with Gasteiger partial charge in [0.1, 0.15) is 5.75 Å². The highest BCUT2D eigenvalue weighted by Gasteiger charge is 1.97. The molecule has 0 unspecified atom stereocenters. The first-order valence-corrected chi connectivity index (χ1v) is 6.46. The third-order valence-electron chi connectivity index (χ3n) is 2.11. The Morgan fingerprint density at radius 2 is 1.38 bits per heavy atom. The highest BCUT2D eigenvalue weighted by atomic mass is 79.9. The molecule has 0 atom stereocenters. The number of hydrogen-bond donors (Lipinski definition) is 0. The number of rotatable bonds is 3. The molecule has 2 rings (SSSR count). The van der Waals surface area contributed by atoms with Gasteiger partial charge in [0.2, 0.25) is 0 Å². The molecule has 3 heteroatoms. The van der Waals surface area contributed by atoms with Crippen molar-refractivity contribution in [3.63, 3.8) is 0 Å². The molecule has 0 heterocycles. The summed E-state index contributed by atoms with van der Waals surface area (Å²) in [6, 6.07) is 16.4. The van der Waals surface area contributed by atoms with E-state index in [0.29, 0.717) is 0 Å².